The van der Waals surface area contributed by atoms with Crippen LogP contribution in [0, 0.1) is 17.5 Å². The lowest BCUT2D eigenvalue weighted by atomic mass is 9.90. The molecule has 2 rings (SSSR count). The molecule has 0 aromatic heterocycles. The highest BCUT2D eigenvalue weighted by Gasteiger charge is 2.44. The molecule has 1 aromatic carbocycles. The van der Waals surface area contributed by atoms with Crippen LogP contribution in [0.15, 0.2) is 12.1 Å². The summed E-state index contributed by atoms with van der Waals surface area (Å²) < 4.78 is 46.5. The molecule has 1 aliphatic rings. The second kappa shape index (κ2) is 12.6. The molecular formula is C23H35F3N2O2S. The summed E-state index contributed by atoms with van der Waals surface area (Å²) in [5, 5.41) is 0. The third-order valence-electron chi connectivity index (χ3n) is 6.02. The number of rotatable bonds is 12. The summed E-state index contributed by atoms with van der Waals surface area (Å²) in [6.07, 6.45) is 7.43. The molecule has 0 unspecified atom stereocenters. The molecule has 0 N–H and O–H groups in total. The van der Waals surface area contributed by atoms with Gasteiger partial charge in [0.2, 0.25) is 0 Å². The van der Waals surface area contributed by atoms with Crippen molar-refractivity contribution in [1.29, 1.82) is 0 Å². The normalized spacial score (nSPS) is 18.6. The van der Waals surface area contributed by atoms with Gasteiger partial charge in [-0.05, 0) is 43.9 Å². The number of thiol groups is 1. The summed E-state index contributed by atoms with van der Waals surface area (Å²) in [6.45, 7) is 3.53. The quantitative estimate of drug-likeness (QED) is 0.243. The van der Waals surface area contributed by atoms with Gasteiger partial charge in [-0.3, -0.25) is 0 Å². The Morgan fingerprint density at radius 3 is 2.61 bits per heavy atom. The molecule has 0 radical (unpaired) electrons. The zero-order chi connectivity index (χ0) is 22.9. The molecule has 176 valence electrons. The van der Waals surface area contributed by atoms with E-state index in [0.717, 1.165) is 63.2 Å². The number of ether oxygens (including phenoxy) is 1. The number of unbranched alkanes of at least 4 members (excludes halogenated alkanes) is 3. The van der Waals surface area contributed by atoms with Crippen LogP contribution in [0.2, 0.25) is 0 Å². The van der Waals surface area contributed by atoms with Gasteiger partial charge in [0.1, 0.15) is 5.82 Å². The van der Waals surface area contributed by atoms with Crippen molar-refractivity contribution < 1.29 is 22.7 Å². The van der Waals surface area contributed by atoms with Gasteiger partial charge in [-0.15, -0.1) is 0 Å². The molecule has 1 aliphatic heterocycles. The van der Waals surface area contributed by atoms with Gasteiger partial charge in [-0.2, -0.15) is 12.6 Å². The summed E-state index contributed by atoms with van der Waals surface area (Å²) in [4.78, 5) is 16.8. The van der Waals surface area contributed by atoms with Crippen molar-refractivity contribution in [2.75, 3.05) is 32.5 Å². The van der Waals surface area contributed by atoms with Crippen molar-refractivity contribution in [1.82, 2.24) is 9.80 Å². The van der Waals surface area contributed by atoms with Crippen molar-refractivity contribution in [2.24, 2.45) is 0 Å². The number of likely N-dealkylation sites (tertiary alicyclic amines) is 1. The van der Waals surface area contributed by atoms with Crippen molar-refractivity contribution in [3.05, 3.63) is 35.1 Å². The number of benzene rings is 1. The van der Waals surface area contributed by atoms with E-state index in [0.29, 0.717) is 19.2 Å². The van der Waals surface area contributed by atoms with Crippen LogP contribution in [-0.2, 0) is 11.3 Å². The van der Waals surface area contributed by atoms with Crippen molar-refractivity contribution in [2.45, 2.75) is 70.4 Å². The lowest BCUT2D eigenvalue weighted by Gasteiger charge is -2.40. The van der Waals surface area contributed by atoms with Crippen LogP contribution >= 0.6 is 12.6 Å². The van der Waals surface area contributed by atoms with E-state index in [1.807, 2.05) is 11.9 Å². The van der Waals surface area contributed by atoms with E-state index < -0.39 is 23.0 Å². The fourth-order valence-electron chi connectivity index (χ4n) is 4.21. The van der Waals surface area contributed by atoms with Crippen LogP contribution in [0.4, 0.5) is 18.0 Å². The van der Waals surface area contributed by atoms with Gasteiger partial charge in [0, 0.05) is 31.8 Å². The summed E-state index contributed by atoms with van der Waals surface area (Å²) in [7, 11) is 1.81. The monoisotopic (exact) mass is 460 g/mol. The van der Waals surface area contributed by atoms with E-state index in [1.54, 1.807) is 4.90 Å². The van der Waals surface area contributed by atoms with Gasteiger partial charge in [0.15, 0.2) is 11.6 Å². The fraction of sp³-hybridized carbons (Fsp3) is 0.696. The van der Waals surface area contributed by atoms with Crippen molar-refractivity contribution >= 4 is 18.7 Å². The molecule has 1 saturated heterocycles. The molecule has 1 fully saturated rings. The molecule has 1 heterocycles. The molecule has 8 heteroatoms. The van der Waals surface area contributed by atoms with Crippen LogP contribution < -0.4 is 0 Å². The number of hydrogen-bond donors (Lipinski definition) is 1. The van der Waals surface area contributed by atoms with Gasteiger partial charge >= 0.3 is 6.03 Å². The second-order valence-electron chi connectivity index (χ2n) is 8.42. The zero-order valence-electron chi connectivity index (χ0n) is 18.6. The van der Waals surface area contributed by atoms with E-state index in [1.165, 1.54) is 0 Å². The number of amides is 2. The Morgan fingerprint density at radius 1 is 1.16 bits per heavy atom. The number of halogens is 3. The van der Waals surface area contributed by atoms with Crippen LogP contribution in [-0.4, -0.2) is 53.9 Å². The topological polar surface area (TPSA) is 32.8 Å². The number of hydrogen-bond acceptors (Lipinski definition) is 3. The Balaban J connectivity index is 2.09. The third kappa shape index (κ3) is 7.04. The van der Waals surface area contributed by atoms with Gasteiger partial charge < -0.3 is 14.5 Å². The van der Waals surface area contributed by atoms with E-state index in [4.69, 9.17) is 4.74 Å². The molecule has 2 amide bonds. The lowest BCUT2D eigenvalue weighted by molar-refractivity contribution is 0.00941. The second-order valence-corrected chi connectivity index (χ2v) is 8.87. The summed E-state index contributed by atoms with van der Waals surface area (Å²) in [5.41, 5.74) is -0.485. The van der Waals surface area contributed by atoms with E-state index in [2.05, 4.69) is 19.6 Å². The number of urea groups is 1. The molecule has 0 saturated carbocycles. The molecular weight excluding hydrogens is 425 g/mol. The number of carbonyl (C=O) groups is 1. The first-order valence-corrected chi connectivity index (χ1v) is 11.8. The minimum atomic E-state index is -1.22. The molecule has 1 atom stereocenters. The molecule has 0 spiro atoms. The predicted octanol–water partition coefficient (Wildman–Crippen LogP) is 5.80. The van der Waals surface area contributed by atoms with Crippen LogP contribution in [0.3, 0.4) is 0 Å². The maximum Gasteiger partial charge on any atom is 0.320 e. The van der Waals surface area contributed by atoms with Crippen LogP contribution in [0.5, 0.6) is 0 Å². The number of carbonyl (C=O) groups excluding carboxylic acids is 1. The maximum absolute atomic E-state index is 14.0. The smallest absolute Gasteiger partial charge is 0.320 e. The minimum absolute atomic E-state index is 0.0178. The first-order valence-electron chi connectivity index (χ1n) is 11.2. The summed E-state index contributed by atoms with van der Waals surface area (Å²) in [5.74, 6) is -2.35. The molecule has 0 bridgehead atoms. The van der Waals surface area contributed by atoms with Crippen LogP contribution in [0.25, 0.3) is 0 Å². The Labute approximate surface area is 189 Å². The maximum atomic E-state index is 14.0. The Bertz CT molecular complexity index is 722. The molecule has 1 aromatic rings. The average molecular weight is 461 g/mol. The third-order valence-corrected chi connectivity index (χ3v) is 6.34. The summed E-state index contributed by atoms with van der Waals surface area (Å²) in [6, 6.07) is 1.35. The zero-order valence-corrected chi connectivity index (χ0v) is 19.5. The van der Waals surface area contributed by atoms with Gasteiger partial charge in [0.05, 0.1) is 18.8 Å². The van der Waals surface area contributed by atoms with E-state index in [9.17, 15) is 18.0 Å². The fourth-order valence-corrected chi connectivity index (χ4v) is 4.43. The minimum Gasteiger partial charge on any atom is -0.374 e. The lowest BCUT2D eigenvalue weighted by Crippen LogP contribution is -2.54. The Kier molecular flexibility index (Phi) is 10.5. The standard InChI is InChI=1S/C23H35F3N2O2S/c1-3-4-5-9-23(17-30-16-18-14-20(25)21(26)15-19(18)24)10-8-12-28(23)22(29)27(2)11-6-7-13-31/h14-15,31H,3-13,16-17H2,1-2H3/t23-/m0/s1. The van der Waals surface area contributed by atoms with Crippen LogP contribution in [0.1, 0.15) is 63.9 Å². The highest BCUT2D eigenvalue weighted by atomic mass is 32.1. The van der Waals surface area contributed by atoms with Gasteiger partial charge in [-0.1, -0.05) is 26.2 Å². The molecule has 0 aliphatic carbocycles. The van der Waals surface area contributed by atoms with Crippen molar-refractivity contribution in [3.8, 4) is 0 Å². The largest absolute Gasteiger partial charge is 0.374 e. The summed E-state index contributed by atoms with van der Waals surface area (Å²) >= 11 is 4.22. The van der Waals surface area contributed by atoms with E-state index >= 15 is 0 Å². The number of nitrogens with zero attached hydrogens (tertiary/aromatic N) is 2. The highest BCUT2D eigenvalue weighted by Crippen LogP contribution is 2.36. The molecule has 31 heavy (non-hydrogen) atoms. The van der Waals surface area contributed by atoms with Gasteiger partial charge in [0.25, 0.3) is 0 Å². The first kappa shape index (κ1) is 25.8. The predicted molar refractivity (Wildman–Crippen MR) is 120 cm³/mol. The SMILES string of the molecule is CCCCC[C@@]1(COCc2cc(F)c(F)cc2F)CCCN1C(=O)N(C)CCCCS. The Morgan fingerprint density at radius 2 is 1.90 bits per heavy atom. The van der Waals surface area contributed by atoms with E-state index in [-0.39, 0.29) is 24.8 Å². The average Bonchev–Trinajstić information content (AvgIpc) is 3.15. The molecule has 4 nitrogen and oxygen atoms in total. The Hall–Kier alpha value is -1.41. The van der Waals surface area contributed by atoms with Gasteiger partial charge in [-0.25, -0.2) is 18.0 Å². The van der Waals surface area contributed by atoms with Crippen molar-refractivity contribution in [3.63, 3.8) is 0 Å². The first-order chi connectivity index (χ1) is 14.8. The highest BCUT2D eigenvalue weighted by molar-refractivity contribution is 7.80.